The Kier molecular flexibility index (Phi) is 2.53. The second-order valence-electron chi connectivity index (χ2n) is 4.17. The molecule has 2 heteroatoms. The van der Waals surface area contributed by atoms with Crippen LogP contribution in [0.1, 0.15) is 33.6 Å². The Hall–Kier alpha value is -0.110. The van der Waals surface area contributed by atoms with Gasteiger partial charge in [0.2, 0.25) is 0 Å². The average molecular weight is 159 g/mol. The van der Waals surface area contributed by atoms with Gasteiger partial charge in [-0.05, 0) is 32.2 Å². The van der Waals surface area contributed by atoms with Crippen LogP contribution in [0.4, 0.5) is 4.39 Å². The Balaban J connectivity index is 2.37. The van der Waals surface area contributed by atoms with Crippen molar-refractivity contribution in [1.29, 1.82) is 0 Å². The SMILES string of the molecule is CC(C)CC(C)(F)C1CCN1. The molecule has 2 atom stereocenters. The van der Waals surface area contributed by atoms with Crippen molar-refractivity contribution in [3.05, 3.63) is 0 Å². The lowest BCUT2D eigenvalue weighted by molar-refractivity contribution is 0.0656. The van der Waals surface area contributed by atoms with Gasteiger partial charge in [0.1, 0.15) is 5.67 Å². The predicted molar refractivity (Wildman–Crippen MR) is 45.4 cm³/mol. The third-order valence-electron chi connectivity index (χ3n) is 2.36. The van der Waals surface area contributed by atoms with Crippen LogP contribution in [0.15, 0.2) is 0 Å². The molecule has 0 amide bonds. The molecule has 0 aliphatic carbocycles. The molecule has 0 aromatic rings. The summed E-state index contributed by atoms with van der Waals surface area (Å²) in [6, 6.07) is 0.116. The molecule has 1 nitrogen and oxygen atoms in total. The first-order chi connectivity index (χ1) is 5.02. The number of rotatable bonds is 3. The first kappa shape index (κ1) is 8.98. The van der Waals surface area contributed by atoms with Crippen LogP contribution in [0.5, 0.6) is 0 Å². The van der Waals surface area contributed by atoms with E-state index in [9.17, 15) is 4.39 Å². The van der Waals surface area contributed by atoms with E-state index in [0.717, 1.165) is 13.0 Å². The number of nitrogens with one attached hydrogen (secondary N) is 1. The number of halogens is 1. The quantitative estimate of drug-likeness (QED) is 0.665. The first-order valence-corrected chi connectivity index (χ1v) is 4.44. The van der Waals surface area contributed by atoms with Gasteiger partial charge in [-0.25, -0.2) is 4.39 Å². The molecule has 0 aromatic carbocycles. The molecule has 1 aliphatic rings. The predicted octanol–water partition coefficient (Wildman–Crippen LogP) is 2.12. The molecule has 2 unspecified atom stereocenters. The molecule has 0 bridgehead atoms. The molecule has 11 heavy (non-hydrogen) atoms. The third-order valence-corrected chi connectivity index (χ3v) is 2.36. The molecule has 66 valence electrons. The van der Waals surface area contributed by atoms with Crippen molar-refractivity contribution in [2.75, 3.05) is 6.54 Å². The fourth-order valence-corrected chi connectivity index (χ4v) is 1.74. The standard InChI is InChI=1S/C9H18FN/c1-7(2)6-9(3,10)8-4-5-11-8/h7-8,11H,4-6H2,1-3H3. The zero-order chi connectivity index (χ0) is 8.48. The summed E-state index contributed by atoms with van der Waals surface area (Å²) in [7, 11) is 0. The zero-order valence-electron chi connectivity index (χ0n) is 7.65. The van der Waals surface area contributed by atoms with E-state index in [1.54, 1.807) is 6.92 Å². The molecule has 1 rings (SSSR count). The molecule has 1 saturated heterocycles. The van der Waals surface area contributed by atoms with E-state index in [1.807, 2.05) is 0 Å². The Labute approximate surface area is 68.4 Å². The highest BCUT2D eigenvalue weighted by Gasteiger charge is 2.37. The normalized spacial score (nSPS) is 29.7. The fourth-order valence-electron chi connectivity index (χ4n) is 1.74. The molecule has 0 radical (unpaired) electrons. The van der Waals surface area contributed by atoms with Crippen molar-refractivity contribution in [3.63, 3.8) is 0 Å². The highest BCUT2D eigenvalue weighted by Crippen LogP contribution is 2.29. The average Bonchev–Trinajstić information content (AvgIpc) is 1.50. The molecule has 1 N–H and O–H groups in total. The van der Waals surface area contributed by atoms with Crippen LogP contribution in [0.3, 0.4) is 0 Å². The molecule has 1 fully saturated rings. The Bertz CT molecular complexity index is 128. The lowest BCUT2D eigenvalue weighted by Crippen LogP contribution is -2.55. The summed E-state index contributed by atoms with van der Waals surface area (Å²) in [4.78, 5) is 0. The molecule has 0 saturated carbocycles. The molecule has 0 aromatic heterocycles. The monoisotopic (exact) mass is 159 g/mol. The van der Waals surface area contributed by atoms with Gasteiger partial charge in [-0.15, -0.1) is 0 Å². The summed E-state index contributed by atoms with van der Waals surface area (Å²) in [5, 5.41) is 3.12. The van der Waals surface area contributed by atoms with Crippen LogP contribution in [-0.4, -0.2) is 18.3 Å². The van der Waals surface area contributed by atoms with Crippen molar-refractivity contribution >= 4 is 0 Å². The van der Waals surface area contributed by atoms with E-state index < -0.39 is 5.67 Å². The minimum Gasteiger partial charge on any atom is -0.311 e. The largest absolute Gasteiger partial charge is 0.311 e. The van der Waals surface area contributed by atoms with Crippen LogP contribution in [-0.2, 0) is 0 Å². The molecular formula is C9H18FN. The van der Waals surface area contributed by atoms with E-state index in [4.69, 9.17) is 0 Å². The fraction of sp³-hybridized carbons (Fsp3) is 1.00. The van der Waals surface area contributed by atoms with E-state index in [2.05, 4.69) is 19.2 Å². The summed E-state index contributed by atoms with van der Waals surface area (Å²) >= 11 is 0. The summed E-state index contributed by atoms with van der Waals surface area (Å²) in [6.45, 7) is 6.83. The number of alkyl halides is 1. The Morgan fingerprint density at radius 2 is 2.18 bits per heavy atom. The highest BCUT2D eigenvalue weighted by molar-refractivity contribution is 4.94. The van der Waals surface area contributed by atoms with Gasteiger partial charge in [-0.1, -0.05) is 13.8 Å². The lowest BCUT2D eigenvalue weighted by Gasteiger charge is -2.39. The van der Waals surface area contributed by atoms with Crippen LogP contribution in [0.25, 0.3) is 0 Å². The van der Waals surface area contributed by atoms with Gasteiger partial charge in [0.25, 0.3) is 0 Å². The highest BCUT2D eigenvalue weighted by atomic mass is 19.1. The summed E-state index contributed by atoms with van der Waals surface area (Å²) in [5.74, 6) is 0.451. The van der Waals surface area contributed by atoms with Gasteiger partial charge in [-0.2, -0.15) is 0 Å². The maximum Gasteiger partial charge on any atom is 0.123 e. The third kappa shape index (κ3) is 2.16. The van der Waals surface area contributed by atoms with E-state index >= 15 is 0 Å². The summed E-state index contributed by atoms with van der Waals surface area (Å²) in [6.07, 6.45) is 1.67. The smallest absolute Gasteiger partial charge is 0.123 e. The molecule has 1 aliphatic heterocycles. The van der Waals surface area contributed by atoms with Crippen molar-refractivity contribution in [2.24, 2.45) is 5.92 Å². The Morgan fingerprint density at radius 3 is 2.45 bits per heavy atom. The second-order valence-corrected chi connectivity index (χ2v) is 4.17. The summed E-state index contributed by atoms with van der Waals surface area (Å²) in [5.41, 5.74) is -0.994. The van der Waals surface area contributed by atoms with Crippen LogP contribution in [0.2, 0.25) is 0 Å². The van der Waals surface area contributed by atoms with Gasteiger partial charge in [0.05, 0.1) is 0 Å². The number of hydrogen-bond acceptors (Lipinski definition) is 1. The first-order valence-electron chi connectivity index (χ1n) is 4.44. The minimum atomic E-state index is -0.994. The van der Waals surface area contributed by atoms with Gasteiger partial charge in [0.15, 0.2) is 0 Å². The maximum atomic E-state index is 13.7. The molecule has 0 spiro atoms. The number of hydrogen-bond donors (Lipinski definition) is 1. The van der Waals surface area contributed by atoms with E-state index in [1.165, 1.54) is 0 Å². The molecule has 1 heterocycles. The minimum absolute atomic E-state index is 0.116. The van der Waals surface area contributed by atoms with E-state index in [-0.39, 0.29) is 6.04 Å². The van der Waals surface area contributed by atoms with Gasteiger partial charge in [-0.3, -0.25) is 0 Å². The van der Waals surface area contributed by atoms with Crippen LogP contribution < -0.4 is 5.32 Å². The topological polar surface area (TPSA) is 12.0 Å². The van der Waals surface area contributed by atoms with Gasteiger partial charge in [0, 0.05) is 6.04 Å². The van der Waals surface area contributed by atoms with E-state index in [0.29, 0.717) is 12.3 Å². The van der Waals surface area contributed by atoms with Gasteiger partial charge < -0.3 is 5.32 Å². The van der Waals surface area contributed by atoms with Crippen LogP contribution in [0, 0.1) is 5.92 Å². The Morgan fingerprint density at radius 1 is 1.64 bits per heavy atom. The second kappa shape index (κ2) is 3.10. The van der Waals surface area contributed by atoms with Gasteiger partial charge >= 0.3 is 0 Å². The molecular weight excluding hydrogens is 141 g/mol. The van der Waals surface area contributed by atoms with Crippen molar-refractivity contribution in [3.8, 4) is 0 Å². The van der Waals surface area contributed by atoms with Crippen molar-refractivity contribution in [1.82, 2.24) is 5.32 Å². The van der Waals surface area contributed by atoms with Crippen molar-refractivity contribution in [2.45, 2.75) is 45.3 Å². The lowest BCUT2D eigenvalue weighted by atomic mass is 9.84. The van der Waals surface area contributed by atoms with Crippen LogP contribution >= 0.6 is 0 Å². The zero-order valence-corrected chi connectivity index (χ0v) is 7.65. The summed E-state index contributed by atoms with van der Waals surface area (Å²) < 4.78 is 13.7. The van der Waals surface area contributed by atoms with Crippen molar-refractivity contribution < 1.29 is 4.39 Å². The maximum absolute atomic E-state index is 13.7.